The van der Waals surface area contributed by atoms with Gasteiger partial charge in [-0.15, -0.1) is 0 Å². The molecule has 1 atom stereocenters. The quantitative estimate of drug-likeness (QED) is 0.465. The van der Waals surface area contributed by atoms with E-state index in [1.807, 2.05) is 13.2 Å². The summed E-state index contributed by atoms with van der Waals surface area (Å²) in [6, 6.07) is 5.89. The highest BCUT2D eigenvalue weighted by Crippen LogP contribution is 2.12. The fraction of sp³-hybridized carbons (Fsp3) is 0.667. The lowest BCUT2D eigenvalue weighted by molar-refractivity contribution is -0.122. The van der Waals surface area contributed by atoms with Crippen LogP contribution in [0.25, 0.3) is 0 Å². The van der Waals surface area contributed by atoms with Crippen molar-refractivity contribution in [1.82, 2.24) is 19.8 Å². The third kappa shape index (κ3) is 8.55. The monoisotopic (exact) mass is 456 g/mol. The summed E-state index contributed by atoms with van der Waals surface area (Å²) in [4.78, 5) is 17.6. The van der Waals surface area contributed by atoms with Gasteiger partial charge in [-0.1, -0.05) is 17.7 Å². The van der Waals surface area contributed by atoms with E-state index in [0.29, 0.717) is 18.7 Å². The molecule has 0 radical (unpaired) electrons. The summed E-state index contributed by atoms with van der Waals surface area (Å²) in [5, 5.41) is 2.92. The molecule has 2 N–H and O–H groups in total. The molecule has 9 heteroatoms. The van der Waals surface area contributed by atoms with Gasteiger partial charge < -0.3 is 15.1 Å². The summed E-state index contributed by atoms with van der Waals surface area (Å²) in [5.74, 6) is 0.456. The molecule has 0 bridgehead atoms. The van der Waals surface area contributed by atoms with Crippen LogP contribution in [0.15, 0.2) is 29.2 Å². The zero-order valence-electron chi connectivity index (χ0n) is 18.4. The van der Waals surface area contributed by atoms with Crippen LogP contribution >= 0.6 is 11.8 Å². The predicted octanol–water partition coefficient (Wildman–Crippen LogP) is 1.54. The van der Waals surface area contributed by atoms with Gasteiger partial charge in [-0.25, -0.2) is 8.42 Å². The fourth-order valence-electron chi connectivity index (χ4n) is 3.32. The average Bonchev–Trinajstić information content (AvgIpc) is 2.72. The van der Waals surface area contributed by atoms with E-state index in [9.17, 15) is 13.2 Å². The average molecular weight is 457 g/mol. The van der Waals surface area contributed by atoms with E-state index in [-0.39, 0.29) is 10.8 Å². The van der Waals surface area contributed by atoms with Crippen LogP contribution in [0.3, 0.4) is 0 Å². The van der Waals surface area contributed by atoms with Crippen LogP contribution in [0, 0.1) is 6.92 Å². The van der Waals surface area contributed by atoms with E-state index in [4.69, 9.17) is 0 Å². The second kappa shape index (κ2) is 12.7. The SMILES string of the molecule is CSCCC(NS(=O)(=O)c1ccc(C)cc1)C(=O)NCCCCN1CCN(C)CC1. The Balaban J connectivity index is 1.80. The number of likely N-dealkylation sites (N-methyl/N-ethyl adjacent to an activating group) is 1. The zero-order chi connectivity index (χ0) is 22.0. The molecular weight excluding hydrogens is 420 g/mol. The van der Waals surface area contributed by atoms with Gasteiger partial charge in [-0.05, 0) is 63.9 Å². The van der Waals surface area contributed by atoms with Gasteiger partial charge in [0.2, 0.25) is 15.9 Å². The van der Waals surface area contributed by atoms with E-state index in [0.717, 1.165) is 51.1 Å². The molecule has 1 fully saturated rings. The largest absolute Gasteiger partial charge is 0.355 e. The maximum absolute atomic E-state index is 12.7. The maximum atomic E-state index is 12.7. The van der Waals surface area contributed by atoms with Gasteiger partial charge in [0.05, 0.1) is 4.90 Å². The minimum Gasteiger partial charge on any atom is -0.355 e. The van der Waals surface area contributed by atoms with Crippen molar-refractivity contribution in [2.75, 3.05) is 58.3 Å². The van der Waals surface area contributed by atoms with Crippen molar-refractivity contribution in [3.8, 4) is 0 Å². The van der Waals surface area contributed by atoms with Gasteiger partial charge in [-0.3, -0.25) is 4.79 Å². The van der Waals surface area contributed by atoms with Crippen molar-refractivity contribution < 1.29 is 13.2 Å². The first-order valence-electron chi connectivity index (χ1n) is 10.6. The second-order valence-corrected chi connectivity index (χ2v) is 10.6. The second-order valence-electron chi connectivity index (χ2n) is 7.91. The normalized spacial score (nSPS) is 17.0. The van der Waals surface area contributed by atoms with Crippen LogP contribution in [-0.4, -0.2) is 88.5 Å². The number of thioether (sulfide) groups is 1. The van der Waals surface area contributed by atoms with Crippen LogP contribution in [0.5, 0.6) is 0 Å². The smallest absolute Gasteiger partial charge is 0.241 e. The molecule has 30 heavy (non-hydrogen) atoms. The molecule has 1 aliphatic rings. The standard InChI is InChI=1S/C21H36N4O3S2/c1-18-6-8-19(9-7-18)30(27,28)23-20(10-17-29-3)21(26)22-11-4-5-12-25-15-13-24(2)14-16-25/h6-9,20,23H,4-5,10-17H2,1-3H3,(H,22,26). The molecule has 1 aromatic rings. The highest BCUT2D eigenvalue weighted by atomic mass is 32.2. The molecule has 0 aromatic heterocycles. The summed E-state index contributed by atoms with van der Waals surface area (Å²) in [6.07, 6.45) is 4.31. The lowest BCUT2D eigenvalue weighted by atomic mass is 10.2. The molecular formula is C21H36N4O3S2. The lowest BCUT2D eigenvalue weighted by Crippen LogP contribution is -2.47. The molecule has 7 nitrogen and oxygen atoms in total. The Bertz CT molecular complexity index is 748. The molecule has 0 saturated carbocycles. The molecule has 1 aromatic carbocycles. The molecule has 0 aliphatic carbocycles. The topological polar surface area (TPSA) is 81.7 Å². The third-order valence-electron chi connectivity index (χ3n) is 5.35. The van der Waals surface area contributed by atoms with Crippen molar-refractivity contribution >= 4 is 27.7 Å². The summed E-state index contributed by atoms with van der Waals surface area (Å²) in [6.45, 7) is 7.92. The Kier molecular flexibility index (Phi) is 10.6. The van der Waals surface area contributed by atoms with E-state index in [1.165, 1.54) is 0 Å². The molecule has 1 unspecified atom stereocenters. The van der Waals surface area contributed by atoms with Crippen LogP contribution < -0.4 is 10.0 Å². The first-order chi connectivity index (χ1) is 14.3. The van der Waals surface area contributed by atoms with Crippen molar-refractivity contribution in [1.29, 1.82) is 0 Å². The Morgan fingerprint density at radius 3 is 2.43 bits per heavy atom. The lowest BCUT2D eigenvalue weighted by Gasteiger charge is -2.32. The van der Waals surface area contributed by atoms with E-state index >= 15 is 0 Å². The van der Waals surface area contributed by atoms with Gasteiger partial charge in [0.15, 0.2) is 0 Å². The number of piperazine rings is 1. The molecule has 1 saturated heterocycles. The van der Waals surface area contributed by atoms with Crippen LogP contribution in [0.1, 0.15) is 24.8 Å². The Morgan fingerprint density at radius 2 is 1.80 bits per heavy atom. The van der Waals surface area contributed by atoms with Crippen molar-refractivity contribution in [2.45, 2.75) is 37.1 Å². The summed E-state index contributed by atoms with van der Waals surface area (Å²) >= 11 is 1.60. The van der Waals surface area contributed by atoms with Gasteiger partial charge >= 0.3 is 0 Å². The van der Waals surface area contributed by atoms with Crippen LogP contribution in [-0.2, 0) is 14.8 Å². The third-order valence-corrected chi connectivity index (χ3v) is 7.48. The summed E-state index contributed by atoms with van der Waals surface area (Å²) in [7, 11) is -1.59. The first kappa shape index (κ1) is 25.1. The summed E-state index contributed by atoms with van der Waals surface area (Å²) in [5.41, 5.74) is 0.988. The number of aryl methyl sites for hydroxylation is 1. The number of amides is 1. The number of carbonyl (C=O) groups is 1. The number of unbranched alkanes of at least 4 members (excludes halogenated alkanes) is 1. The highest BCUT2D eigenvalue weighted by molar-refractivity contribution is 7.98. The van der Waals surface area contributed by atoms with Gasteiger partial charge in [0.25, 0.3) is 0 Å². The Hall–Kier alpha value is -1.13. The number of hydrogen-bond donors (Lipinski definition) is 2. The minimum absolute atomic E-state index is 0.183. The van der Waals surface area contributed by atoms with E-state index < -0.39 is 16.1 Å². The fourth-order valence-corrected chi connectivity index (χ4v) is 5.02. The number of hydrogen-bond acceptors (Lipinski definition) is 6. The maximum Gasteiger partial charge on any atom is 0.241 e. The van der Waals surface area contributed by atoms with Crippen LogP contribution in [0.2, 0.25) is 0 Å². The van der Waals surface area contributed by atoms with E-state index in [2.05, 4.69) is 26.9 Å². The number of nitrogens with zero attached hydrogens (tertiary/aromatic N) is 2. The minimum atomic E-state index is -3.74. The van der Waals surface area contributed by atoms with Crippen LogP contribution in [0.4, 0.5) is 0 Å². The predicted molar refractivity (Wildman–Crippen MR) is 124 cm³/mol. The molecule has 1 amide bonds. The number of rotatable bonds is 12. The highest BCUT2D eigenvalue weighted by Gasteiger charge is 2.25. The molecule has 1 aliphatic heterocycles. The van der Waals surface area contributed by atoms with Gasteiger partial charge in [0, 0.05) is 32.7 Å². The van der Waals surface area contributed by atoms with E-state index in [1.54, 1.807) is 36.0 Å². The van der Waals surface area contributed by atoms with Gasteiger partial charge in [0.1, 0.15) is 6.04 Å². The number of benzene rings is 1. The van der Waals surface area contributed by atoms with Crippen molar-refractivity contribution in [3.63, 3.8) is 0 Å². The van der Waals surface area contributed by atoms with Gasteiger partial charge in [-0.2, -0.15) is 16.5 Å². The number of carbonyl (C=O) groups excluding carboxylic acids is 1. The number of nitrogens with one attached hydrogen (secondary N) is 2. The summed E-state index contributed by atoms with van der Waals surface area (Å²) < 4.78 is 28.0. The molecule has 1 heterocycles. The van der Waals surface area contributed by atoms with Crippen molar-refractivity contribution in [3.05, 3.63) is 29.8 Å². The Labute approximate surface area is 186 Å². The molecule has 170 valence electrons. The molecule has 2 rings (SSSR count). The number of sulfonamides is 1. The Morgan fingerprint density at radius 1 is 1.13 bits per heavy atom. The zero-order valence-corrected chi connectivity index (χ0v) is 20.0. The van der Waals surface area contributed by atoms with Crippen molar-refractivity contribution in [2.24, 2.45) is 0 Å². The molecule has 0 spiro atoms. The first-order valence-corrected chi connectivity index (χ1v) is 13.5.